The van der Waals surface area contributed by atoms with Gasteiger partial charge in [-0.1, -0.05) is 0 Å². The van der Waals surface area contributed by atoms with Gasteiger partial charge >= 0.3 is 0 Å². The second-order valence-electron chi connectivity index (χ2n) is 2.66. The van der Waals surface area contributed by atoms with Gasteiger partial charge in [0.15, 0.2) is 0 Å². The molecule has 68 valence electrons. The molecule has 0 radical (unpaired) electrons. The van der Waals surface area contributed by atoms with E-state index in [9.17, 15) is 0 Å². The minimum absolute atomic E-state index is 0.0137. The van der Waals surface area contributed by atoms with Gasteiger partial charge in [0, 0.05) is 7.05 Å². The van der Waals surface area contributed by atoms with Crippen molar-refractivity contribution in [3.05, 3.63) is 0 Å². The van der Waals surface area contributed by atoms with Gasteiger partial charge in [-0.25, -0.2) is 5.10 Å². The van der Waals surface area contributed by atoms with Crippen molar-refractivity contribution in [1.82, 2.24) is 15.2 Å². The first kappa shape index (κ1) is 8.79. The van der Waals surface area contributed by atoms with Crippen LogP contribution in [0.15, 0.2) is 0 Å². The third-order valence-corrected chi connectivity index (χ3v) is 1.73. The Morgan fingerprint density at radius 1 is 1.75 bits per heavy atom. The van der Waals surface area contributed by atoms with E-state index < -0.39 is 0 Å². The van der Waals surface area contributed by atoms with Crippen molar-refractivity contribution in [2.24, 2.45) is 0 Å². The lowest BCUT2D eigenvalue weighted by atomic mass is 10.3. The number of rotatable bonds is 3. The van der Waals surface area contributed by atoms with Gasteiger partial charge < -0.3 is 15.7 Å². The van der Waals surface area contributed by atoms with Crippen molar-refractivity contribution in [2.75, 3.05) is 24.3 Å². The van der Waals surface area contributed by atoms with Crippen molar-refractivity contribution in [3.63, 3.8) is 0 Å². The van der Waals surface area contributed by atoms with Gasteiger partial charge in [-0.15, -0.1) is 5.10 Å². The molecule has 1 aromatic heterocycles. The number of nitrogen functional groups attached to an aromatic ring is 1. The number of anilines is 2. The summed E-state index contributed by atoms with van der Waals surface area (Å²) in [6, 6.07) is -0.0137. The number of aliphatic hydroxyl groups is 1. The van der Waals surface area contributed by atoms with Crippen LogP contribution in [-0.4, -0.2) is 40.0 Å². The normalized spacial score (nSPS) is 12.9. The van der Waals surface area contributed by atoms with Crippen LogP contribution < -0.4 is 10.6 Å². The maximum Gasteiger partial charge on any atom is 0.246 e. The highest BCUT2D eigenvalue weighted by Crippen LogP contribution is 2.08. The van der Waals surface area contributed by atoms with E-state index in [0.717, 1.165) is 0 Å². The van der Waals surface area contributed by atoms with Crippen molar-refractivity contribution in [2.45, 2.75) is 13.0 Å². The highest BCUT2D eigenvalue weighted by atomic mass is 16.3. The molecule has 0 aromatic carbocycles. The Kier molecular flexibility index (Phi) is 2.49. The van der Waals surface area contributed by atoms with Crippen LogP contribution in [0, 0.1) is 0 Å². The highest BCUT2D eigenvalue weighted by molar-refractivity contribution is 5.33. The molecule has 12 heavy (non-hydrogen) atoms. The maximum atomic E-state index is 8.83. The molecule has 0 aliphatic carbocycles. The molecule has 0 aliphatic rings. The molecular weight excluding hydrogens is 158 g/mol. The number of nitrogens with one attached hydrogen (secondary N) is 1. The topological polar surface area (TPSA) is 91.1 Å². The molecule has 0 bridgehead atoms. The molecule has 1 atom stereocenters. The predicted molar refractivity (Wildman–Crippen MR) is 45.7 cm³/mol. The summed E-state index contributed by atoms with van der Waals surface area (Å²) in [6.45, 7) is 1.93. The van der Waals surface area contributed by atoms with E-state index in [1.165, 1.54) is 0 Å². The minimum atomic E-state index is -0.0137. The van der Waals surface area contributed by atoms with Gasteiger partial charge in [0.2, 0.25) is 11.9 Å². The number of aromatic amines is 1. The van der Waals surface area contributed by atoms with E-state index in [-0.39, 0.29) is 18.6 Å². The molecule has 0 saturated heterocycles. The Morgan fingerprint density at radius 2 is 2.42 bits per heavy atom. The molecule has 6 heteroatoms. The van der Waals surface area contributed by atoms with E-state index in [4.69, 9.17) is 10.8 Å². The molecular formula is C6H13N5O. The molecule has 0 amide bonds. The summed E-state index contributed by atoms with van der Waals surface area (Å²) in [5, 5.41) is 15.2. The lowest BCUT2D eigenvalue weighted by Gasteiger charge is -2.20. The molecule has 4 N–H and O–H groups in total. The van der Waals surface area contributed by atoms with Gasteiger partial charge in [0.25, 0.3) is 0 Å². The van der Waals surface area contributed by atoms with Crippen molar-refractivity contribution < 1.29 is 5.11 Å². The number of nitrogens with zero attached hydrogens (tertiary/aromatic N) is 3. The molecule has 6 nitrogen and oxygen atoms in total. The SMILES string of the molecule is CC(CO)N(C)c1n[nH]c(N)n1. The first-order valence-corrected chi connectivity index (χ1v) is 3.66. The molecule has 0 fully saturated rings. The first-order valence-electron chi connectivity index (χ1n) is 3.66. The molecule has 1 heterocycles. The molecule has 0 saturated carbocycles. The number of hydrogen-bond donors (Lipinski definition) is 3. The van der Waals surface area contributed by atoms with Crippen molar-refractivity contribution >= 4 is 11.9 Å². The number of hydrogen-bond acceptors (Lipinski definition) is 5. The fourth-order valence-corrected chi connectivity index (χ4v) is 0.742. The second-order valence-corrected chi connectivity index (χ2v) is 2.66. The number of H-pyrrole nitrogens is 1. The zero-order chi connectivity index (χ0) is 9.14. The van der Waals surface area contributed by atoms with Gasteiger partial charge in [-0.2, -0.15) is 4.98 Å². The average molecular weight is 171 g/mol. The highest BCUT2D eigenvalue weighted by Gasteiger charge is 2.12. The maximum absolute atomic E-state index is 8.83. The summed E-state index contributed by atoms with van der Waals surface area (Å²) in [6.07, 6.45) is 0. The van der Waals surface area contributed by atoms with Gasteiger partial charge in [-0.05, 0) is 6.92 Å². The van der Waals surface area contributed by atoms with Crippen molar-refractivity contribution in [3.8, 4) is 0 Å². The summed E-state index contributed by atoms with van der Waals surface area (Å²) in [5.41, 5.74) is 5.34. The second kappa shape index (κ2) is 3.40. The lowest BCUT2D eigenvalue weighted by molar-refractivity contribution is 0.269. The number of likely N-dealkylation sites (N-methyl/N-ethyl adjacent to an activating group) is 1. The van der Waals surface area contributed by atoms with Crippen LogP contribution >= 0.6 is 0 Å². The third-order valence-electron chi connectivity index (χ3n) is 1.73. The molecule has 1 unspecified atom stereocenters. The minimum Gasteiger partial charge on any atom is -0.394 e. The summed E-state index contributed by atoms with van der Waals surface area (Å²) < 4.78 is 0. The lowest BCUT2D eigenvalue weighted by Crippen LogP contribution is -2.32. The van der Waals surface area contributed by atoms with Crippen LogP contribution in [-0.2, 0) is 0 Å². The molecule has 1 rings (SSSR count). The number of nitrogens with two attached hydrogens (primary N) is 1. The smallest absolute Gasteiger partial charge is 0.246 e. The Morgan fingerprint density at radius 3 is 2.83 bits per heavy atom. The molecule has 0 aliphatic heterocycles. The zero-order valence-electron chi connectivity index (χ0n) is 7.15. The van der Waals surface area contributed by atoms with Crippen LogP contribution in [0.5, 0.6) is 0 Å². The van der Waals surface area contributed by atoms with Crippen LogP contribution in [0.3, 0.4) is 0 Å². The summed E-state index contributed by atoms with van der Waals surface area (Å²) in [4.78, 5) is 5.65. The average Bonchev–Trinajstić information content (AvgIpc) is 2.49. The molecule has 1 aromatic rings. The third kappa shape index (κ3) is 1.65. The summed E-state index contributed by atoms with van der Waals surface area (Å²) >= 11 is 0. The van der Waals surface area contributed by atoms with Gasteiger partial charge in [0.1, 0.15) is 0 Å². The fraction of sp³-hybridized carbons (Fsp3) is 0.667. The monoisotopic (exact) mass is 171 g/mol. The van der Waals surface area contributed by atoms with Gasteiger partial charge in [-0.3, -0.25) is 0 Å². The standard InChI is InChI=1S/C6H13N5O/c1-4(3-12)11(2)6-8-5(7)9-10-6/h4,12H,3H2,1-2H3,(H3,7,8,9,10). The number of aliphatic hydroxyl groups excluding tert-OH is 1. The zero-order valence-corrected chi connectivity index (χ0v) is 7.15. The Bertz CT molecular complexity index is 248. The van der Waals surface area contributed by atoms with E-state index in [2.05, 4.69) is 15.2 Å². The van der Waals surface area contributed by atoms with Crippen LogP contribution in [0.4, 0.5) is 11.9 Å². The Labute approximate surface area is 70.4 Å². The van der Waals surface area contributed by atoms with Crippen LogP contribution in [0.25, 0.3) is 0 Å². The molecule has 0 spiro atoms. The van der Waals surface area contributed by atoms with E-state index in [1.54, 1.807) is 11.9 Å². The summed E-state index contributed by atoms with van der Waals surface area (Å²) in [7, 11) is 1.80. The van der Waals surface area contributed by atoms with E-state index in [0.29, 0.717) is 5.95 Å². The predicted octanol–water partition coefficient (Wildman–Crippen LogP) is -0.796. The quantitative estimate of drug-likeness (QED) is 0.554. The Balaban J connectivity index is 2.70. The Hall–Kier alpha value is -1.30. The van der Waals surface area contributed by atoms with E-state index >= 15 is 0 Å². The van der Waals surface area contributed by atoms with E-state index in [1.807, 2.05) is 6.92 Å². The fourth-order valence-electron chi connectivity index (χ4n) is 0.742. The largest absolute Gasteiger partial charge is 0.394 e. The summed E-state index contributed by atoms with van der Waals surface area (Å²) in [5.74, 6) is 0.774. The first-order chi connectivity index (χ1) is 5.65. The van der Waals surface area contributed by atoms with Crippen LogP contribution in [0.2, 0.25) is 0 Å². The van der Waals surface area contributed by atoms with Gasteiger partial charge in [0.05, 0.1) is 12.6 Å². The van der Waals surface area contributed by atoms with Crippen LogP contribution in [0.1, 0.15) is 6.92 Å². The number of aromatic nitrogens is 3. The van der Waals surface area contributed by atoms with Crippen molar-refractivity contribution in [1.29, 1.82) is 0 Å².